The van der Waals surface area contributed by atoms with E-state index in [-0.39, 0.29) is 0 Å². The fraction of sp³-hybridized carbons (Fsp3) is 0.455. The number of aryl methyl sites for hydroxylation is 1. The first-order valence-electron chi connectivity index (χ1n) is 9.49. The summed E-state index contributed by atoms with van der Waals surface area (Å²) in [6, 6.07) is 13.6. The van der Waals surface area contributed by atoms with Crippen LogP contribution in [0.3, 0.4) is 0 Å². The van der Waals surface area contributed by atoms with Crippen molar-refractivity contribution in [1.29, 1.82) is 0 Å². The number of aliphatic hydroxyl groups is 4. The minimum absolute atomic E-state index is 0.467. The summed E-state index contributed by atoms with van der Waals surface area (Å²) in [6.45, 7) is 3.28. The highest BCUT2D eigenvalue weighted by molar-refractivity contribution is 6.31. The van der Waals surface area contributed by atoms with Gasteiger partial charge in [0.15, 0.2) is 0 Å². The van der Waals surface area contributed by atoms with E-state index in [9.17, 15) is 20.4 Å². The highest BCUT2D eigenvalue weighted by Crippen LogP contribution is 2.39. The van der Waals surface area contributed by atoms with Crippen LogP contribution in [0.5, 0.6) is 0 Å². The van der Waals surface area contributed by atoms with Crippen LogP contribution in [0.1, 0.15) is 36.1 Å². The Bertz CT molecular complexity index is 807. The van der Waals surface area contributed by atoms with Gasteiger partial charge < -0.3 is 25.2 Å². The molecule has 1 heterocycles. The third-order valence-corrected chi connectivity index (χ3v) is 6.01. The van der Waals surface area contributed by atoms with E-state index in [0.29, 0.717) is 17.0 Å². The summed E-state index contributed by atoms with van der Waals surface area (Å²) in [5.41, 5.74) is 2.56. The lowest BCUT2D eigenvalue weighted by Crippen LogP contribution is -2.62. The van der Waals surface area contributed by atoms with Gasteiger partial charge in [0.2, 0.25) is 0 Å². The smallest absolute Gasteiger partial charge is 0.119 e. The van der Waals surface area contributed by atoms with Crippen LogP contribution in [-0.4, -0.2) is 51.4 Å². The van der Waals surface area contributed by atoms with Crippen LogP contribution in [0, 0.1) is 0 Å². The van der Waals surface area contributed by atoms with E-state index < -0.39 is 36.6 Å². The van der Waals surface area contributed by atoms with Gasteiger partial charge in [0.1, 0.15) is 30.0 Å². The third-order valence-electron chi connectivity index (χ3n) is 5.64. The lowest BCUT2D eigenvalue weighted by molar-refractivity contribution is -0.273. The summed E-state index contributed by atoms with van der Waals surface area (Å²) in [4.78, 5) is 0. The summed E-state index contributed by atoms with van der Waals surface area (Å²) < 4.78 is 5.83. The molecule has 1 aliphatic rings. The van der Waals surface area contributed by atoms with Crippen molar-refractivity contribution >= 4 is 11.6 Å². The van der Waals surface area contributed by atoms with Gasteiger partial charge in [-0.15, -0.1) is 0 Å². The van der Waals surface area contributed by atoms with Crippen molar-refractivity contribution in [1.82, 2.24) is 0 Å². The molecule has 5 unspecified atom stereocenters. The Balaban J connectivity index is 1.92. The number of hydrogen-bond donors (Lipinski definition) is 4. The van der Waals surface area contributed by atoms with E-state index in [0.717, 1.165) is 17.5 Å². The fourth-order valence-electron chi connectivity index (χ4n) is 3.70. The van der Waals surface area contributed by atoms with E-state index >= 15 is 0 Å². The van der Waals surface area contributed by atoms with Gasteiger partial charge in [-0.2, -0.15) is 0 Å². The largest absolute Gasteiger partial charge is 0.394 e. The molecule has 28 heavy (non-hydrogen) atoms. The van der Waals surface area contributed by atoms with Gasteiger partial charge in [0, 0.05) is 5.02 Å². The fourth-order valence-corrected chi connectivity index (χ4v) is 3.89. The second-order valence-electron chi connectivity index (χ2n) is 7.52. The Hall–Kier alpha value is -1.47. The molecule has 6 heteroatoms. The topological polar surface area (TPSA) is 90.2 Å². The van der Waals surface area contributed by atoms with Crippen molar-refractivity contribution in [3.63, 3.8) is 0 Å². The van der Waals surface area contributed by atoms with Crippen LogP contribution in [0.25, 0.3) is 0 Å². The van der Waals surface area contributed by atoms with Crippen LogP contribution in [0.2, 0.25) is 5.02 Å². The Kier molecular flexibility index (Phi) is 6.44. The van der Waals surface area contributed by atoms with Crippen molar-refractivity contribution in [2.45, 2.75) is 56.7 Å². The van der Waals surface area contributed by atoms with E-state index in [1.165, 1.54) is 5.56 Å². The second-order valence-corrected chi connectivity index (χ2v) is 7.93. The first-order valence-corrected chi connectivity index (χ1v) is 9.87. The quantitative estimate of drug-likeness (QED) is 0.611. The summed E-state index contributed by atoms with van der Waals surface area (Å²) >= 11 is 6.40. The molecule has 1 fully saturated rings. The molecule has 3 rings (SSSR count). The van der Waals surface area contributed by atoms with Crippen LogP contribution in [0.4, 0.5) is 0 Å². The van der Waals surface area contributed by atoms with Crippen molar-refractivity contribution in [2.24, 2.45) is 0 Å². The average molecular weight is 407 g/mol. The number of benzene rings is 2. The number of aliphatic hydroxyl groups excluding tert-OH is 4. The molecule has 5 nitrogen and oxygen atoms in total. The zero-order chi connectivity index (χ0) is 20.5. The van der Waals surface area contributed by atoms with Gasteiger partial charge in [-0.3, -0.25) is 0 Å². The normalized spacial score (nSPS) is 30.4. The first-order chi connectivity index (χ1) is 13.3. The maximum atomic E-state index is 10.6. The van der Waals surface area contributed by atoms with Gasteiger partial charge in [0.05, 0.1) is 6.61 Å². The summed E-state index contributed by atoms with van der Waals surface area (Å²) in [5.74, 6) is 0. The number of halogens is 1. The molecule has 2 aromatic rings. The van der Waals surface area contributed by atoms with Gasteiger partial charge in [-0.05, 0) is 48.1 Å². The molecule has 0 aliphatic carbocycles. The van der Waals surface area contributed by atoms with Gasteiger partial charge in [-0.1, -0.05) is 54.9 Å². The van der Waals surface area contributed by atoms with Crippen LogP contribution in [0.15, 0.2) is 42.5 Å². The van der Waals surface area contributed by atoms with Crippen LogP contribution in [-0.2, 0) is 23.2 Å². The number of rotatable bonds is 5. The van der Waals surface area contributed by atoms with E-state index in [4.69, 9.17) is 16.3 Å². The lowest BCUT2D eigenvalue weighted by Gasteiger charge is -2.47. The standard InChI is InChI=1S/C22H27ClO5/c1-3-13-4-6-14(7-5-13)10-15-11-16(8-9-17(15)23)22(2)21(27)20(26)19(25)18(12-24)28-22/h4-9,11,18-21,24-27H,3,10,12H2,1-2H3. The van der Waals surface area contributed by atoms with E-state index in [2.05, 4.69) is 31.2 Å². The summed E-state index contributed by atoms with van der Waals surface area (Å²) in [5, 5.41) is 40.9. The Labute approximate surface area is 170 Å². The molecule has 152 valence electrons. The second kappa shape index (κ2) is 8.49. The molecule has 0 aromatic heterocycles. The van der Waals surface area contributed by atoms with Gasteiger partial charge in [0.25, 0.3) is 0 Å². The highest BCUT2D eigenvalue weighted by Gasteiger charge is 2.51. The molecule has 1 aliphatic heterocycles. The predicted octanol–water partition coefficient (Wildman–Crippen LogP) is 2.18. The van der Waals surface area contributed by atoms with Gasteiger partial charge >= 0.3 is 0 Å². The van der Waals surface area contributed by atoms with Crippen molar-refractivity contribution in [3.05, 3.63) is 69.7 Å². The Morgan fingerprint density at radius 2 is 1.64 bits per heavy atom. The summed E-state index contributed by atoms with van der Waals surface area (Å²) in [7, 11) is 0. The third kappa shape index (κ3) is 3.96. The highest BCUT2D eigenvalue weighted by atomic mass is 35.5. The Morgan fingerprint density at radius 3 is 2.25 bits per heavy atom. The van der Waals surface area contributed by atoms with E-state index in [1.54, 1.807) is 19.1 Å². The zero-order valence-corrected chi connectivity index (χ0v) is 16.8. The molecule has 4 N–H and O–H groups in total. The molecule has 2 aromatic carbocycles. The van der Waals surface area contributed by atoms with E-state index in [1.807, 2.05) is 6.07 Å². The van der Waals surface area contributed by atoms with Crippen LogP contribution >= 0.6 is 11.6 Å². The molecule has 0 radical (unpaired) electrons. The van der Waals surface area contributed by atoms with Crippen molar-refractivity contribution in [2.75, 3.05) is 6.61 Å². The number of hydrogen-bond acceptors (Lipinski definition) is 5. The zero-order valence-electron chi connectivity index (χ0n) is 16.0. The molecule has 0 saturated carbocycles. The first kappa shape index (κ1) is 21.2. The average Bonchev–Trinajstić information content (AvgIpc) is 2.71. The van der Waals surface area contributed by atoms with Crippen LogP contribution < -0.4 is 0 Å². The maximum absolute atomic E-state index is 10.6. The monoisotopic (exact) mass is 406 g/mol. The van der Waals surface area contributed by atoms with Gasteiger partial charge in [-0.25, -0.2) is 0 Å². The Morgan fingerprint density at radius 1 is 1.00 bits per heavy atom. The molecule has 5 atom stereocenters. The summed E-state index contributed by atoms with van der Waals surface area (Å²) in [6.07, 6.45) is -3.57. The molecular formula is C22H27ClO5. The minimum atomic E-state index is -1.43. The molecular weight excluding hydrogens is 380 g/mol. The minimum Gasteiger partial charge on any atom is -0.394 e. The predicted molar refractivity (Wildman–Crippen MR) is 107 cm³/mol. The molecule has 0 spiro atoms. The van der Waals surface area contributed by atoms with Crippen molar-refractivity contribution < 1.29 is 25.2 Å². The molecule has 1 saturated heterocycles. The molecule has 0 amide bonds. The maximum Gasteiger partial charge on any atom is 0.119 e. The number of ether oxygens (including phenoxy) is 1. The SMILES string of the molecule is CCc1ccc(Cc2cc(C3(C)OC(CO)C(O)C(O)C3O)ccc2Cl)cc1. The molecule has 0 bridgehead atoms. The lowest BCUT2D eigenvalue weighted by atomic mass is 9.80. The van der Waals surface area contributed by atoms with Crippen molar-refractivity contribution in [3.8, 4) is 0 Å².